The minimum atomic E-state index is -4.46. The number of likely N-dealkylation sites (N-methyl/N-ethyl adjacent to an activating group) is 1. The van der Waals surface area contributed by atoms with Gasteiger partial charge in [0.05, 0.1) is 33.8 Å². The Balaban J connectivity index is 5.15. The molecule has 0 aromatic carbocycles. The molecule has 3 unspecified atom stereocenters. The fourth-order valence-electron chi connectivity index (χ4n) is 9.90. The SMILES string of the molecule is CCCCC/C=C\C/C=C\C/C=C\C/C=C\CCCCCCCCCCCC(=O)OC(/C=C\CCCCCCCCCCCCC)C(COP(=O)(O)OCC[N+](C)(C)C)NC(=O)CCCCCCCCCCC/C=C\C/C=C\CCCCC. The van der Waals surface area contributed by atoms with Gasteiger partial charge in [-0.3, -0.25) is 18.6 Å². The number of rotatable bonds is 63. The molecule has 0 aliphatic carbocycles. The highest BCUT2D eigenvalue weighted by molar-refractivity contribution is 7.47. The first-order valence-electron chi connectivity index (χ1n) is 34.9. The van der Waals surface area contributed by atoms with Gasteiger partial charge in [0.25, 0.3) is 0 Å². The second-order valence-corrected chi connectivity index (χ2v) is 26.1. The highest BCUT2D eigenvalue weighted by atomic mass is 31.2. The number of nitrogens with one attached hydrogen (secondary N) is 1. The summed E-state index contributed by atoms with van der Waals surface area (Å²) >= 11 is 0. The van der Waals surface area contributed by atoms with Crippen molar-refractivity contribution in [3.8, 4) is 0 Å². The molecule has 0 heterocycles. The van der Waals surface area contributed by atoms with Crippen LogP contribution in [0, 0.1) is 0 Å². The number of phosphoric ester groups is 1. The molecule has 0 spiro atoms. The first-order valence-corrected chi connectivity index (χ1v) is 36.4. The molecule has 0 saturated heterocycles. The molecule has 0 aliphatic rings. The molecule has 2 N–H and O–H groups in total. The van der Waals surface area contributed by atoms with Crippen molar-refractivity contribution in [3.05, 3.63) is 85.1 Å². The summed E-state index contributed by atoms with van der Waals surface area (Å²) in [5.74, 6) is -0.511. The van der Waals surface area contributed by atoms with E-state index in [1.165, 1.54) is 180 Å². The number of carbonyl (C=O) groups excluding carboxylic acids is 2. The Morgan fingerprint density at radius 3 is 1.12 bits per heavy atom. The van der Waals surface area contributed by atoms with Crippen LogP contribution >= 0.6 is 7.82 Å². The zero-order valence-corrected chi connectivity index (χ0v) is 56.1. The Hall–Kier alpha value is -2.81. The summed E-state index contributed by atoms with van der Waals surface area (Å²) in [5.41, 5.74) is 0. The standard InChI is InChI=1S/C73H133N2O7P/c1-7-10-13-16-19-22-25-28-30-32-34-35-36-37-38-39-41-43-45-48-51-54-57-60-63-66-73(77)82-71(64-61-58-55-52-49-46-27-24-21-18-15-12-9-3)70(69-81-83(78,79)80-68-67-75(4,5)6)74-72(76)65-62-59-56-53-50-47-44-42-40-33-31-29-26-23-20-17-14-11-8-2/h19-20,22-23,28-31,34-35,37-38,61,64,70-71H,7-18,21,24-27,32-33,36,39-60,62-63,65-69H2,1-6H3,(H-,74,76,78,79)/p+1/b22-19-,23-20-,30-28-,31-29-,35-34-,38-37-,64-61-. The van der Waals surface area contributed by atoms with Crippen molar-refractivity contribution < 1.29 is 37.3 Å². The molecule has 0 rings (SSSR count). The molecule has 0 saturated carbocycles. The maximum absolute atomic E-state index is 13.6. The lowest BCUT2D eigenvalue weighted by molar-refractivity contribution is -0.870. The number of hydrogen-bond donors (Lipinski definition) is 2. The van der Waals surface area contributed by atoms with Crippen LogP contribution in [0.25, 0.3) is 0 Å². The molecule has 0 radical (unpaired) electrons. The molecular weight excluding hydrogens is 1050 g/mol. The normalized spacial score (nSPS) is 14.1. The molecule has 0 aromatic heterocycles. The van der Waals surface area contributed by atoms with Crippen LogP contribution in [-0.4, -0.2) is 74.3 Å². The van der Waals surface area contributed by atoms with Crippen LogP contribution in [0.4, 0.5) is 0 Å². The van der Waals surface area contributed by atoms with Crippen LogP contribution < -0.4 is 5.32 Å². The molecule has 3 atom stereocenters. The van der Waals surface area contributed by atoms with Crippen LogP contribution in [0.3, 0.4) is 0 Å². The number of ether oxygens (including phenoxy) is 1. The van der Waals surface area contributed by atoms with Gasteiger partial charge >= 0.3 is 13.8 Å². The predicted octanol–water partition coefficient (Wildman–Crippen LogP) is 22.1. The fraction of sp³-hybridized carbons (Fsp3) is 0.781. The molecule has 83 heavy (non-hydrogen) atoms. The number of hydrogen-bond acceptors (Lipinski definition) is 6. The molecule has 0 fully saturated rings. The van der Waals surface area contributed by atoms with Crippen molar-refractivity contribution in [3.63, 3.8) is 0 Å². The van der Waals surface area contributed by atoms with Crippen LogP contribution in [0.1, 0.15) is 316 Å². The number of unbranched alkanes of at least 4 members (excludes halogenated alkanes) is 35. The third kappa shape index (κ3) is 63.5. The van der Waals surface area contributed by atoms with E-state index < -0.39 is 20.0 Å². The largest absolute Gasteiger partial charge is 0.472 e. The first kappa shape index (κ1) is 80.2. The van der Waals surface area contributed by atoms with Gasteiger partial charge in [0.15, 0.2) is 0 Å². The number of amides is 1. The van der Waals surface area contributed by atoms with Gasteiger partial charge in [0.2, 0.25) is 5.91 Å². The number of quaternary nitrogens is 1. The van der Waals surface area contributed by atoms with E-state index in [9.17, 15) is 19.0 Å². The van der Waals surface area contributed by atoms with Crippen LogP contribution in [0.2, 0.25) is 0 Å². The molecule has 1 amide bonds. The van der Waals surface area contributed by atoms with Crippen LogP contribution in [0.15, 0.2) is 85.1 Å². The average molecular weight is 1180 g/mol. The molecule has 9 nitrogen and oxygen atoms in total. The molecule has 482 valence electrons. The van der Waals surface area contributed by atoms with E-state index in [-0.39, 0.29) is 31.5 Å². The Kier molecular flexibility index (Phi) is 60.1. The van der Waals surface area contributed by atoms with Gasteiger partial charge in [-0.2, -0.15) is 0 Å². The molecule has 0 aromatic rings. The van der Waals surface area contributed by atoms with Crippen molar-refractivity contribution in [2.24, 2.45) is 0 Å². The monoisotopic (exact) mass is 1180 g/mol. The summed E-state index contributed by atoms with van der Waals surface area (Å²) in [6.07, 6.45) is 82.9. The number of nitrogens with zero attached hydrogens (tertiary/aromatic N) is 1. The van der Waals surface area contributed by atoms with Gasteiger partial charge in [0.1, 0.15) is 19.3 Å². The lowest BCUT2D eigenvalue weighted by atomic mass is 10.0. The van der Waals surface area contributed by atoms with Gasteiger partial charge in [-0.25, -0.2) is 4.57 Å². The molecule has 0 bridgehead atoms. The van der Waals surface area contributed by atoms with Crippen LogP contribution in [-0.2, 0) is 27.9 Å². The summed E-state index contributed by atoms with van der Waals surface area (Å²) in [7, 11) is 1.49. The van der Waals surface area contributed by atoms with E-state index in [4.69, 9.17) is 13.8 Å². The summed E-state index contributed by atoms with van der Waals surface area (Å²) in [5, 5.41) is 3.07. The van der Waals surface area contributed by atoms with E-state index in [0.717, 1.165) is 103 Å². The van der Waals surface area contributed by atoms with Gasteiger partial charge < -0.3 is 19.4 Å². The summed E-state index contributed by atoms with van der Waals surface area (Å²) in [6.45, 7) is 6.98. The molecule has 10 heteroatoms. The maximum Gasteiger partial charge on any atom is 0.472 e. The first-order chi connectivity index (χ1) is 40.4. The van der Waals surface area contributed by atoms with Crippen LogP contribution in [0.5, 0.6) is 0 Å². The number of allylic oxidation sites excluding steroid dienone is 13. The van der Waals surface area contributed by atoms with Crippen molar-refractivity contribution in [1.82, 2.24) is 5.32 Å². The maximum atomic E-state index is 13.6. The zero-order chi connectivity index (χ0) is 60.7. The Morgan fingerprint density at radius 2 is 0.735 bits per heavy atom. The molecule has 0 aliphatic heterocycles. The summed E-state index contributed by atoms with van der Waals surface area (Å²) in [6, 6.07) is -0.858. The quantitative estimate of drug-likeness (QED) is 0.0205. The van der Waals surface area contributed by atoms with Gasteiger partial charge in [-0.1, -0.05) is 280 Å². The zero-order valence-electron chi connectivity index (χ0n) is 55.2. The highest BCUT2D eigenvalue weighted by Crippen LogP contribution is 2.43. The number of phosphoric acid groups is 1. The lowest BCUT2D eigenvalue weighted by Crippen LogP contribution is -2.47. The van der Waals surface area contributed by atoms with Crippen molar-refractivity contribution >= 4 is 19.7 Å². The Bertz CT molecular complexity index is 1700. The van der Waals surface area contributed by atoms with Crippen molar-refractivity contribution in [2.75, 3.05) is 40.9 Å². The number of carbonyl (C=O) groups is 2. The highest BCUT2D eigenvalue weighted by Gasteiger charge is 2.30. The van der Waals surface area contributed by atoms with Crippen molar-refractivity contribution in [2.45, 2.75) is 328 Å². The smallest absolute Gasteiger partial charge is 0.456 e. The van der Waals surface area contributed by atoms with E-state index in [1.807, 2.05) is 33.3 Å². The third-order valence-corrected chi connectivity index (χ3v) is 16.3. The Morgan fingerprint density at radius 1 is 0.422 bits per heavy atom. The minimum absolute atomic E-state index is 0.0358. The lowest BCUT2D eigenvalue weighted by Gasteiger charge is -2.27. The van der Waals surface area contributed by atoms with E-state index in [0.29, 0.717) is 17.4 Å². The van der Waals surface area contributed by atoms with Gasteiger partial charge in [0, 0.05) is 12.8 Å². The van der Waals surface area contributed by atoms with E-state index in [1.54, 1.807) is 0 Å². The minimum Gasteiger partial charge on any atom is -0.456 e. The summed E-state index contributed by atoms with van der Waals surface area (Å²) in [4.78, 5) is 37.9. The number of esters is 1. The third-order valence-electron chi connectivity index (χ3n) is 15.3. The van der Waals surface area contributed by atoms with E-state index in [2.05, 4.69) is 99.0 Å². The topological polar surface area (TPSA) is 111 Å². The summed E-state index contributed by atoms with van der Waals surface area (Å²) < 4.78 is 30.8. The second-order valence-electron chi connectivity index (χ2n) is 24.7. The Labute approximate surface area is 514 Å². The van der Waals surface area contributed by atoms with E-state index >= 15 is 0 Å². The average Bonchev–Trinajstić information content (AvgIpc) is 3.46. The van der Waals surface area contributed by atoms with Crippen molar-refractivity contribution in [1.29, 1.82) is 0 Å². The molecular formula is C73H134N2O7P+. The van der Waals surface area contributed by atoms with Gasteiger partial charge in [-0.15, -0.1) is 0 Å². The second kappa shape index (κ2) is 62.2. The predicted molar refractivity (Wildman–Crippen MR) is 360 cm³/mol. The van der Waals surface area contributed by atoms with Gasteiger partial charge in [-0.05, 0) is 109 Å². The fourth-order valence-corrected chi connectivity index (χ4v) is 10.6.